The number of hydrogen-bond acceptors (Lipinski definition) is 4. The van der Waals surface area contributed by atoms with Crippen LogP contribution in [0.25, 0.3) is 0 Å². The summed E-state index contributed by atoms with van der Waals surface area (Å²) >= 11 is 0. The van der Waals surface area contributed by atoms with E-state index in [1.807, 2.05) is 0 Å². The summed E-state index contributed by atoms with van der Waals surface area (Å²) in [6.45, 7) is 1.55. The molecule has 1 aromatic rings. The second-order valence-electron chi connectivity index (χ2n) is 3.03. The van der Waals surface area contributed by atoms with Gasteiger partial charge in [0.15, 0.2) is 0 Å². The maximum atomic E-state index is 11.2. The van der Waals surface area contributed by atoms with Gasteiger partial charge < -0.3 is 4.74 Å². The molecule has 82 valence electrons. The lowest BCUT2D eigenvalue weighted by molar-refractivity contribution is 0.112. The van der Waals surface area contributed by atoms with E-state index in [1.165, 1.54) is 19.2 Å². The van der Waals surface area contributed by atoms with E-state index in [0.717, 1.165) is 0 Å². The number of rotatable bonds is 3. The third-order valence-corrected chi connectivity index (χ3v) is 3.00. The molecule has 1 aromatic carbocycles. The first-order valence-electron chi connectivity index (χ1n) is 4.06. The number of primary sulfonamides is 1. The molecule has 15 heavy (non-hydrogen) atoms. The number of aldehydes is 1. The molecule has 0 heterocycles. The summed E-state index contributed by atoms with van der Waals surface area (Å²) in [7, 11) is -2.52. The van der Waals surface area contributed by atoms with Gasteiger partial charge in [-0.3, -0.25) is 4.79 Å². The van der Waals surface area contributed by atoms with Crippen LogP contribution in [0.1, 0.15) is 15.9 Å². The number of benzene rings is 1. The monoisotopic (exact) mass is 229 g/mol. The molecule has 0 aliphatic heterocycles. The van der Waals surface area contributed by atoms with E-state index in [1.54, 1.807) is 6.92 Å². The van der Waals surface area contributed by atoms with E-state index in [9.17, 15) is 13.2 Å². The highest BCUT2D eigenvalue weighted by molar-refractivity contribution is 7.89. The van der Waals surface area contributed by atoms with Crippen LogP contribution in [0, 0.1) is 6.92 Å². The van der Waals surface area contributed by atoms with Gasteiger partial charge in [-0.25, -0.2) is 13.6 Å². The fourth-order valence-corrected chi connectivity index (χ4v) is 2.28. The van der Waals surface area contributed by atoms with Crippen molar-refractivity contribution in [1.82, 2.24) is 0 Å². The van der Waals surface area contributed by atoms with Gasteiger partial charge in [0.05, 0.1) is 7.11 Å². The Morgan fingerprint density at radius 1 is 1.40 bits per heavy atom. The predicted molar refractivity (Wildman–Crippen MR) is 54.5 cm³/mol. The molecule has 0 saturated carbocycles. The van der Waals surface area contributed by atoms with E-state index in [4.69, 9.17) is 9.88 Å². The molecular weight excluding hydrogens is 218 g/mol. The molecule has 5 nitrogen and oxygen atoms in total. The minimum absolute atomic E-state index is 0.0830. The third-order valence-electron chi connectivity index (χ3n) is 1.90. The van der Waals surface area contributed by atoms with Crippen molar-refractivity contribution in [3.63, 3.8) is 0 Å². The first-order valence-corrected chi connectivity index (χ1v) is 5.61. The van der Waals surface area contributed by atoms with Gasteiger partial charge in [-0.05, 0) is 24.6 Å². The summed E-state index contributed by atoms with van der Waals surface area (Å²) in [5.41, 5.74) is 0.732. The number of methoxy groups -OCH3 is 1. The molecule has 6 heteroatoms. The van der Waals surface area contributed by atoms with Crippen LogP contribution in [-0.4, -0.2) is 21.8 Å². The Morgan fingerprint density at radius 3 is 2.40 bits per heavy atom. The summed E-state index contributed by atoms with van der Waals surface area (Å²) < 4.78 is 27.4. The van der Waals surface area contributed by atoms with Crippen LogP contribution in [-0.2, 0) is 10.0 Å². The fraction of sp³-hybridized carbons (Fsp3) is 0.222. The zero-order chi connectivity index (χ0) is 11.6. The van der Waals surface area contributed by atoms with E-state index in [-0.39, 0.29) is 10.6 Å². The Bertz CT molecular complexity index is 493. The maximum absolute atomic E-state index is 11.2. The molecule has 0 aliphatic carbocycles. The van der Waals surface area contributed by atoms with Crippen LogP contribution >= 0.6 is 0 Å². The van der Waals surface area contributed by atoms with Crippen molar-refractivity contribution in [3.8, 4) is 5.75 Å². The molecule has 0 spiro atoms. The van der Waals surface area contributed by atoms with Gasteiger partial charge in [0.25, 0.3) is 0 Å². The van der Waals surface area contributed by atoms with Crippen LogP contribution in [0.2, 0.25) is 0 Å². The zero-order valence-electron chi connectivity index (χ0n) is 8.35. The van der Waals surface area contributed by atoms with E-state index < -0.39 is 10.0 Å². The molecular formula is C9H11NO4S. The minimum Gasteiger partial charge on any atom is -0.495 e. The molecule has 0 fully saturated rings. The van der Waals surface area contributed by atoms with E-state index >= 15 is 0 Å². The van der Waals surface area contributed by atoms with Gasteiger partial charge in [-0.15, -0.1) is 0 Å². The molecule has 0 unspecified atom stereocenters. The van der Waals surface area contributed by atoms with Crippen LogP contribution in [0.3, 0.4) is 0 Å². The highest BCUT2D eigenvalue weighted by Crippen LogP contribution is 2.27. The summed E-state index contributed by atoms with van der Waals surface area (Å²) in [4.78, 5) is 10.5. The van der Waals surface area contributed by atoms with Crippen molar-refractivity contribution >= 4 is 16.3 Å². The molecule has 0 atom stereocenters. The van der Waals surface area contributed by atoms with Gasteiger partial charge in [0.2, 0.25) is 10.0 Å². The van der Waals surface area contributed by atoms with Gasteiger partial charge in [0, 0.05) is 5.56 Å². The van der Waals surface area contributed by atoms with Crippen molar-refractivity contribution in [2.75, 3.05) is 7.11 Å². The van der Waals surface area contributed by atoms with Gasteiger partial charge in [0.1, 0.15) is 16.9 Å². The molecule has 2 N–H and O–H groups in total. The van der Waals surface area contributed by atoms with Gasteiger partial charge in [-0.1, -0.05) is 0 Å². The Morgan fingerprint density at radius 2 is 2.00 bits per heavy atom. The summed E-state index contributed by atoms with van der Waals surface area (Å²) in [6, 6.07) is 2.77. The van der Waals surface area contributed by atoms with Crippen molar-refractivity contribution in [1.29, 1.82) is 0 Å². The number of nitrogens with two attached hydrogens (primary N) is 1. The molecule has 0 amide bonds. The molecule has 0 aromatic heterocycles. The second-order valence-corrected chi connectivity index (χ2v) is 4.53. The van der Waals surface area contributed by atoms with Crippen molar-refractivity contribution < 1.29 is 17.9 Å². The summed E-state index contributed by atoms with van der Waals surface area (Å²) in [5.74, 6) is 0.0830. The van der Waals surface area contributed by atoms with Crippen molar-refractivity contribution in [2.24, 2.45) is 5.14 Å². The zero-order valence-corrected chi connectivity index (χ0v) is 9.17. The Hall–Kier alpha value is -1.40. The molecule has 0 radical (unpaired) electrons. The number of ether oxygens (including phenoxy) is 1. The second kappa shape index (κ2) is 4.00. The number of sulfonamides is 1. The third kappa shape index (κ3) is 2.34. The largest absolute Gasteiger partial charge is 0.495 e. The maximum Gasteiger partial charge on any atom is 0.242 e. The highest BCUT2D eigenvalue weighted by atomic mass is 32.2. The average molecular weight is 229 g/mol. The van der Waals surface area contributed by atoms with Gasteiger partial charge in [-0.2, -0.15) is 0 Å². The lowest BCUT2D eigenvalue weighted by atomic mass is 10.1. The standard InChI is InChI=1S/C9H11NO4S/c1-6-3-7(5-11)4-8(14-2)9(6)15(10,12)13/h3-5H,1-2H3,(H2,10,12,13). The van der Waals surface area contributed by atoms with E-state index in [0.29, 0.717) is 17.4 Å². The topological polar surface area (TPSA) is 86.5 Å². The van der Waals surface area contributed by atoms with Crippen LogP contribution < -0.4 is 9.88 Å². The summed E-state index contributed by atoms with van der Waals surface area (Å²) in [6.07, 6.45) is 0.614. The van der Waals surface area contributed by atoms with Crippen LogP contribution in [0.5, 0.6) is 5.75 Å². The Kier molecular flexibility index (Phi) is 3.11. The summed E-state index contributed by atoms with van der Waals surface area (Å²) in [5, 5.41) is 5.03. The highest BCUT2D eigenvalue weighted by Gasteiger charge is 2.18. The predicted octanol–water partition coefficient (Wildman–Crippen LogP) is 0.464. The molecule has 0 bridgehead atoms. The van der Waals surface area contributed by atoms with E-state index in [2.05, 4.69) is 0 Å². The fourth-order valence-electron chi connectivity index (χ4n) is 1.35. The molecule has 1 rings (SSSR count). The first kappa shape index (κ1) is 11.7. The lowest BCUT2D eigenvalue weighted by Gasteiger charge is -2.10. The smallest absolute Gasteiger partial charge is 0.242 e. The first-order chi connectivity index (χ1) is 6.90. The van der Waals surface area contributed by atoms with Crippen LogP contribution in [0.4, 0.5) is 0 Å². The minimum atomic E-state index is -3.84. The normalized spacial score (nSPS) is 11.1. The molecule has 0 aliphatic rings. The van der Waals surface area contributed by atoms with Crippen LogP contribution in [0.15, 0.2) is 17.0 Å². The van der Waals surface area contributed by atoms with Gasteiger partial charge >= 0.3 is 0 Å². The quantitative estimate of drug-likeness (QED) is 0.763. The number of carbonyl (C=O) groups excluding carboxylic acids is 1. The van der Waals surface area contributed by atoms with Crippen molar-refractivity contribution in [3.05, 3.63) is 23.3 Å². The average Bonchev–Trinajstić information content (AvgIpc) is 2.14. The SMILES string of the molecule is COc1cc(C=O)cc(C)c1S(N)(=O)=O. The molecule has 0 saturated heterocycles. The Balaban J connectivity index is 3.59. The number of carbonyl (C=O) groups is 1. The lowest BCUT2D eigenvalue weighted by Crippen LogP contribution is -2.15. The van der Waals surface area contributed by atoms with Crippen molar-refractivity contribution in [2.45, 2.75) is 11.8 Å². The Labute approximate surface area is 87.9 Å². The number of aryl methyl sites for hydroxylation is 1. The number of hydrogen-bond donors (Lipinski definition) is 1.